The van der Waals surface area contributed by atoms with Crippen molar-refractivity contribution in [3.8, 4) is 0 Å². The Morgan fingerprint density at radius 1 is 1.32 bits per heavy atom. The zero-order chi connectivity index (χ0) is 18.2. The van der Waals surface area contributed by atoms with Crippen LogP contribution in [0.4, 0.5) is 0 Å². The summed E-state index contributed by atoms with van der Waals surface area (Å²) < 4.78 is 15.9. The Morgan fingerprint density at radius 2 is 2.04 bits per heavy atom. The third kappa shape index (κ3) is 3.48. The number of aryl methyl sites for hydroxylation is 2. The molecule has 0 radical (unpaired) electrons. The van der Waals surface area contributed by atoms with Gasteiger partial charge in [-0.2, -0.15) is 0 Å². The number of hydrogen-bond donors (Lipinski definition) is 0. The van der Waals surface area contributed by atoms with Gasteiger partial charge in [0.1, 0.15) is 4.75 Å². The number of hydrogen-bond acceptors (Lipinski definition) is 7. The highest BCUT2D eigenvalue weighted by Crippen LogP contribution is 2.34. The number of nitrogens with zero attached hydrogens (tertiary/aromatic N) is 2. The van der Waals surface area contributed by atoms with Crippen molar-refractivity contribution in [3.63, 3.8) is 0 Å². The lowest BCUT2D eigenvalue weighted by Crippen LogP contribution is -2.30. The number of para-hydroxylation sites is 2. The quantitative estimate of drug-likeness (QED) is 0.509. The highest BCUT2D eigenvalue weighted by atomic mass is 32.2. The summed E-state index contributed by atoms with van der Waals surface area (Å²) in [5.74, 6) is -0.731. The Kier molecular flexibility index (Phi) is 4.47. The molecule has 0 atom stereocenters. The van der Waals surface area contributed by atoms with Crippen LogP contribution >= 0.6 is 11.8 Å². The maximum atomic E-state index is 12.5. The molecule has 8 heteroatoms. The molecule has 7 nitrogen and oxygen atoms in total. The first kappa shape index (κ1) is 17.3. The summed E-state index contributed by atoms with van der Waals surface area (Å²) in [6.07, 6.45) is 0. The van der Waals surface area contributed by atoms with Gasteiger partial charge in [-0.05, 0) is 32.9 Å². The summed E-state index contributed by atoms with van der Waals surface area (Å²) in [5, 5.41) is 0.717. The summed E-state index contributed by atoms with van der Waals surface area (Å²) in [5.41, 5.74) is 1.86. The highest BCUT2D eigenvalue weighted by molar-refractivity contribution is 8.01. The first-order valence-corrected chi connectivity index (χ1v) is 8.46. The number of benzene rings is 1. The van der Waals surface area contributed by atoms with Gasteiger partial charge in [-0.25, -0.2) is 9.78 Å². The summed E-state index contributed by atoms with van der Waals surface area (Å²) >= 11 is 1.31. The molecule has 132 valence electrons. The number of thioether (sulfide) groups is 1. The molecule has 3 rings (SSSR count). The molecule has 25 heavy (non-hydrogen) atoms. The van der Waals surface area contributed by atoms with Crippen LogP contribution in [0.25, 0.3) is 11.0 Å². The SMILES string of the molecule is Cc1oc(=O)oc1COC(=O)C(C)(C)Sc1nc2ccccc2n1C. The maximum absolute atomic E-state index is 12.5. The first-order valence-electron chi connectivity index (χ1n) is 7.65. The van der Waals surface area contributed by atoms with Crippen LogP contribution in [-0.4, -0.2) is 20.3 Å². The molecule has 0 fully saturated rings. The van der Waals surface area contributed by atoms with Gasteiger partial charge in [0.2, 0.25) is 0 Å². The number of rotatable bonds is 5. The molecule has 2 aromatic heterocycles. The second kappa shape index (κ2) is 6.44. The number of carbonyl (C=O) groups is 1. The molecular formula is C17H18N2O5S. The monoisotopic (exact) mass is 362 g/mol. The molecule has 3 aromatic rings. The van der Waals surface area contributed by atoms with E-state index in [0.29, 0.717) is 10.9 Å². The molecule has 0 aliphatic rings. The van der Waals surface area contributed by atoms with Gasteiger partial charge in [0.25, 0.3) is 0 Å². The zero-order valence-corrected chi connectivity index (χ0v) is 15.2. The lowest BCUT2D eigenvalue weighted by Gasteiger charge is -2.21. The Morgan fingerprint density at radius 3 is 2.68 bits per heavy atom. The van der Waals surface area contributed by atoms with E-state index in [0.717, 1.165) is 11.0 Å². The van der Waals surface area contributed by atoms with Crippen LogP contribution < -0.4 is 5.82 Å². The molecule has 0 amide bonds. The summed E-state index contributed by atoms with van der Waals surface area (Å²) in [6.45, 7) is 4.95. The minimum atomic E-state index is -0.868. The van der Waals surface area contributed by atoms with Crippen LogP contribution in [0.15, 0.2) is 43.1 Å². The molecule has 0 saturated heterocycles. The normalized spacial score (nSPS) is 11.8. The Bertz CT molecular complexity index is 982. The van der Waals surface area contributed by atoms with Crippen LogP contribution in [0.1, 0.15) is 25.4 Å². The van der Waals surface area contributed by atoms with Crippen molar-refractivity contribution < 1.29 is 18.4 Å². The van der Waals surface area contributed by atoms with Gasteiger partial charge in [0, 0.05) is 7.05 Å². The first-order chi connectivity index (χ1) is 11.8. The predicted octanol–water partition coefficient (Wildman–Crippen LogP) is 3.04. The molecule has 0 N–H and O–H groups in total. The molecule has 0 aliphatic carbocycles. The van der Waals surface area contributed by atoms with Gasteiger partial charge in [-0.3, -0.25) is 4.79 Å². The molecule has 1 aromatic carbocycles. The lowest BCUT2D eigenvalue weighted by atomic mass is 10.2. The van der Waals surface area contributed by atoms with Crippen molar-refractivity contribution in [2.45, 2.75) is 37.3 Å². The van der Waals surface area contributed by atoms with Crippen molar-refractivity contribution >= 4 is 28.8 Å². The van der Waals surface area contributed by atoms with Crippen molar-refractivity contribution in [2.24, 2.45) is 7.05 Å². The van der Waals surface area contributed by atoms with Crippen LogP contribution in [0.5, 0.6) is 0 Å². The average molecular weight is 362 g/mol. The molecule has 0 spiro atoms. The molecule has 0 unspecified atom stereocenters. The minimum absolute atomic E-state index is 0.150. The summed E-state index contributed by atoms with van der Waals surface area (Å²) in [7, 11) is 1.91. The van der Waals surface area contributed by atoms with Gasteiger partial charge < -0.3 is 18.1 Å². The zero-order valence-electron chi connectivity index (χ0n) is 14.4. The van der Waals surface area contributed by atoms with Crippen molar-refractivity contribution in [2.75, 3.05) is 0 Å². The van der Waals surface area contributed by atoms with Gasteiger partial charge in [-0.15, -0.1) is 0 Å². The second-order valence-electron chi connectivity index (χ2n) is 6.06. The standard InChI is InChI=1S/C17H18N2O5S/c1-10-13(24-16(21)23-10)9-22-14(20)17(2,3)25-15-18-11-7-5-6-8-12(11)19(15)4/h5-8H,9H2,1-4H3. The summed E-state index contributed by atoms with van der Waals surface area (Å²) in [6, 6.07) is 7.76. The van der Waals surface area contributed by atoms with Crippen LogP contribution in [0, 0.1) is 6.92 Å². The third-order valence-electron chi connectivity index (χ3n) is 3.75. The van der Waals surface area contributed by atoms with Gasteiger partial charge in [0.15, 0.2) is 23.3 Å². The molecule has 0 aliphatic heterocycles. The number of imidazole rings is 1. The maximum Gasteiger partial charge on any atom is 0.519 e. The Labute approximate surface area is 148 Å². The van der Waals surface area contributed by atoms with Crippen LogP contribution in [0.3, 0.4) is 0 Å². The average Bonchev–Trinajstić information content (AvgIpc) is 3.04. The van der Waals surface area contributed by atoms with E-state index in [-0.39, 0.29) is 12.4 Å². The van der Waals surface area contributed by atoms with E-state index in [4.69, 9.17) is 13.6 Å². The fraction of sp³-hybridized carbons (Fsp3) is 0.353. The fourth-order valence-corrected chi connectivity index (χ4v) is 3.27. The summed E-state index contributed by atoms with van der Waals surface area (Å²) in [4.78, 5) is 28.0. The van der Waals surface area contributed by atoms with Gasteiger partial charge >= 0.3 is 11.8 Å². The van der Waals surface area contributed by atoms with Gasteiger partial charge in [-0.1, -0.05) is 23.9 Å². The van der Waals surface area contributed by atoms with Crippen LogP contribution in [0.2, 0.25) is 0 Å². The smallest absolute Gasteiger partial charge is 0.456 e. The van der Waals surface area contributed by atoms with E-state index in [1.807, 2.05) is 35.9 Å². The number of fused-ring (bicyclic) bond motifs is 1. The Balaban J connectivity index is 1.73. The topological polar surface area (TPSA) is 87.5 Å². The van der Waals surface area contributed by atoms with E-state index < -0.39 is 16.5 Å². The highest BCUT2D eigenvalue weighted by Gasteiger charge is 2.33. The predicted molar refractivity (Wildman–Crippen MR) is 92.4 cm³/mol. The van der Waals surface area contributed by atoms with Crippen molar-refractivity contribution in [1.29, 1.82) is 0 Å². The molecule has 2 heterocycles. The molecule has 0 saturated carbocycles. The van der Waals surface area contributed by atoms with Gasteiger partial charge in [0.05, 0.1) is 11.0 Å². The van der Waals surface area contributed by atoms with Crippen molar-refractivity contribution in [3.05, 3.63) is 46.4 Å². The van der Waals surface area contributed by atoms with E-state index in [1.165, 1.54) is 11.8 Å². The van der Waals surface area contributed by atoms with Crippen LogP contribution in [-0.2, 0) is 23.2 Å². The minimum Gasteiger partial charge on any atom is -0.456 e. The number of aromatic nitrogens is 2. The lowest BCUT2D eigenvalue weighted by molar-refractivity contribution is -0.147. The second-order valence-corrected chi connectivity index (χ2v) is 7.65. The van der Waals surface area contributed by atoms with Crippen molar-refractivity contribution in [1.82, 2.24) is 9.55 Å². The number of esters is 1. The van der Waals surface area contributed by atoms with E-state index in [1.54, 1.807) is 20.8 Å². The number of carbonyl (C=O) groups excluding carboxylic acids is 1. The fourth-order valence-electron chi connectivity index (χ4n) is 2.30. The largest absolute Gasteiger partial charge is 0.519 e. The van der Waals surface area contributed by atoms with E-state index >= 15 is 0 Å². The molecular weight excluding hydrogens is 344 g/mol. The molecule has 0 bridgehead atoms. The Hall–Kier alpha value is -2.48. The number of ether oxygens (including phenoxy) is 1. The third-order valence-corrected chi connectivity index (χ3v) is 4.98. The van der Waals surface area contributed by atoms with E-state index in [2.05, 4.69) is 4.98 Å². The van der Waals surface area contributed by atoms with E-state index in [9.17, 15) is 9.59 Å².